The zero-order valence-corrected chi connectivity index (χ0v) is 7.91. The second-order valence-corrected chi connectivity index (χ2v) is 2.97. The van der Waals surface area contributed by atoms with Gasteiger partial charge in [0, 0.05) is 5.71 Å². The van der Waals surface area contributed by atoms with Gasteiger partial charge in [-0.05, 0) is 25.5 Å². The fraction of sp³-hybridized carbons (Fsp3) is 0.273. The second kappa shape index (κ2) is 4.42. The highest BCUT2D eigenvalue weighted by molar-refractivity contribution is 5.86. The van der Waals surface area contributed by atoms with Gasteiger partial charge >= 0.3 is 0 Å². The zero-order chi connectivity index (χ0) is 9.68. The second-order valence-electron chi connectivity index (χ2n) is 2.97. The van der Waals surface area contributed by atoms with E-state index in [1.165, 1.54) is 0 Å². The van der Waals surface area contributed by atoms with Crippen molar-refractivity contribution in [1.82, 2.24) is 0 Å². The summed E-state index contributed by atoms with van der Waals surface area (Å²) in [7, 11) is 0. The molecule has 1 aromatic rings. The summed E-state index contributed by atoms with van der Waals surface area (Å²) < 4.78 is 0. The van der Waals surface area contributed by atoms with Crippen LogP contribution in [0.3, 0.4) is 0 Å². The molecule has 0 saturated heterocycles. The van der Waals surface area contributed by atoms with E-state index in [2.05, 4.69) is 11.1 Å². The lowest BCUT2D eigenvalue weighted by molar-refractivity contribution is 1.33. The smallest absolute Gasteiger partial charge is 0.0732 e. The molecule has 0 aromatic heterocycles. The van der Waals surface area contributed by atoms with E-state index < -0.39 is 0 Å². The van der Waals surface area contributed by atoms with Crippen LogP contribution >= 0.6 is 0 Å². The quantitative estimate of drug-likeness (QED) is 0.631. The highest BCUT2D eigenvalue weighted by Gasteiger charge is 1.94. The lowest BCUT2D eigenvalue weighted by atomic mass is 10.2. The van der Waals surface area contributed by atoms with Crippen molar-refractivity contribution >= 4 is 11.4 Å². The Morgan fingerprint density at radius 2 is 2.15 bits per heavy atom. The Morgan fingerprint density at radius 3 is 2.77 bits per heavy atom. The van der Waals surface area contributed by atoms with E-state index in [1.807, 2.05) is 38.1 Å². The molecule has 0 aliphatic carbocycles. The van der Waals surface area contributed by atoms with E-state index in [-0.39, 0.29) is 0 Å². The van der Waals surface area contributed by atoms with Crippen LogP contribution in [-0.2, 0) is 0 Å². The Bertz CT molecular complexity index is 359. The van der Waals surface area contributed by atoms with Crippen molar-refractivity contribution < 1.29 is 0 Å². The van der Waals surface area contributed by atoms with Crippen LogP contribution in [0.1, 0.15) is 18.9 Å². The molecule has 0 unspecified atom stereocenters. The maximum Gasteiger partial charge on any atom is 0.0732 e. The van der Waals surface area contributed by atoms with E-state index in [0.717, 1.165) is 17.0 Å². The van der Waals surface area contributed by atoms with Crippen LogP contribution in [0.25, 0.3) is 0 Å². The van der Waals surface area contributed by atoms with Gasteiger partial charge in [-0.1, -0.05) is 18.2 Å². The number of rotatable bonds is 2. The molecule has 0 aliphatic rings. The maximum absolute atomic E-state index is 8.45. The summed E-state index contributed by atoms with van der Waals surface area (Å²) in [5.74, 6) is 0. The van der Waals surface area contributed by atoms with E-state index in [4.69, 9.17) is 5.26 Å². The standard InChI is InChI=1S/C11H12N2/c1-9-5-3-4-6-11(9)13-10(2)7-8-12/h3-6H,7H2,1-2H3/b13-10+. The minimum Gasteiger partial charge on any atom is -0.257 e. The van der Waals surface area contributed by atoms with E-state index in [1.54, 1.807) is 0 Å². The van der Waals surface area contributed by atoms with Gasteiger partial charge in [-0.25, -0.2) is 0 Å². The number of aryl methyl sites for hydroxylation is 1. The van der Waals surface area contributed by atoms with Crippen molar-refractivity contribution in [3.63, 3.8) is 0 Å². The number of nitrogens with zero attached hydrogens (tertiary/aromatic N) is 2. The Balaban J connectivity index is 2.92. The summed E-state index contributed by atoms with van der Waals surface area (Å²) >= 11 is 0. The van der Waals surface area contributed by atoms with Crippen molar-refractivity contribution in [3.05, 3.63) is 29.8 Å². The first-order valence-electron chi connectivity index (χ1n) is 4.21. The molecule has 0 aliphatic heterocycles. The third kappa shape index (κ3) is 2.72. The Labute approximate surface area is 78.5 Å². The molecule has 0 bridgehead atoms. The molecule has 2 nitrogen and oxygen atoms in total. The molecule has 66 valence electrons. The van der Waals surface area contributed by atoms with Crippen LogP contribution in [0.2, 0.25) is 0 Å². The summed E-state index contributed by atoms with van der Waals surface area (Å²) in [5, 5.41) is 8.45. The minimum atomic E-state index is 0.397. The Morgan fingerprint density at radius 1 is 1.46 bits per heavy atom. The fourth-order valence-electron chi connectivity index (χ4n) is 1.05. The molecular formula is C11H12N2. The molecule has 0 spiro atoms. The molecular weight excluding hydrogens is 160 g/mol. The summed E-state index contributed by atoms with van der Waals surface area (Å²) in [4.78, 5) is 4.34. The molecule has 0 amide bonds. The number of nitriles is 1. The van der Waals surface area contributed by atoms with Crippen molar-refractivity contribution in [2.45, 2.75) is 20.3 Å². The highest BCUT2D eigenvalue weighted by Crippen LogP contribution is 2.17. The van der Waals surface area contributed by atoms with Crippen LogP contribution in [0.4, 0.5) is 5.69 Å². The summed E-state index contributed by atoms with van der Waals surface area (Å²) in [5.41, 5.74) is 2.95. The van der Waals surface area contributed by atoms with E-state index in [0.29, 0.717) is 6.42 Å². The molecule has 1 aromatic carbocycles. The van der Waals surface area contributed by atoms with E-state index >= 15 is 0 Å². The summed E-state index contributed by atoms with van der Waals surface area (Å²) in [6.07, 6.45) is 0.397. The summed E-state index contributed by atoms with van der Waals surface area (Å²) in [6.45, 7) is 3.88. The summed E-state index contributed by atoms with van der Waals surface area (Å²) in [6, 6.07) is 9.97. The average molecular weight is 172 g/mol. The SMILES string of the molecule is C/C(CC#N)=N\c1ccccc1C. The highest BCUT2D eigenvalue weighted by atomic mass is 14.7. The van der Waals surface area contributed by atoms with Gasteiger partial charge in [0.1, 0.15) is 0 Å². The van der Waals surface area contributed by atoms with Crippen LogP contribution in [0.15, 0.2) is 29.3 Å². The van der Waals surface area contributed by atoms with Crippen molar-refractivity contribution in [2.24, 2.45) is 4.99 Å². The van der Waals surface area contributed by atoms with Crippen molar-refractivity contribution in [2.75, 3.05) is 0 Å². The minimum absolute atomic E-state index is 0.397. The fourth-order valence-corrected chi connectivity index (χ4v) is 1.05. The molecule has 0 fully saturated rings. The lowest BCUT2D eigenvalue weighted by Crippen LogP contribution is -1.87. The zero-order valence-electron chi connectivity index (χ0n) is 7.91. The monoisotopic (exact) mass is 172 g/mol. The molecule has 0 heterocycles. The van der Waals surface area contributed by atoms with Crippen LogP contribution in [0, 0.1) is 18.3 Å². The molecule has 0 atom stereocenters. The topological polar surface area (TPSA) is 36.1 Å². The van der Waals surface area contributed by atoms with Gasteiger partial charge in [-0.3, -0.25) is 4.99 Å². The van der Waals surface area contributed by atoms with Gasteiger partial charge in [0.25, 0.3) is 0 Å². The van der Waals surface area contributed by atoms with Crippen LogP contribution in [-0.4, -0.2) is 5.71 Å². The maximum atomic E-state index is 8.45. The number of hydrogen-bond acceptors (Lipinski definition) is 2. The average Bonchev–Trinajstić information content (AvgIpc) is 2.09. The van der Waals surface area contributed by atoms with Gasteiger partial charge in [0.2, 0.25) is 0 Å². The number of para-hydroxylation sites is 1. The van der Waals surface area contributed by atoms with Gasteiger partial charge in [-0.15, -0.1) is 0 Å². The molecule has 0 N–H and O–H groups in total. The van der Waals surface area contributed by atoms with Gasteiger partial charge in [0.05, 0.1) is 18.2 Å². The van der Waals surface area contributed by atoms with Gasteiger partial charge in [-0.2, -0.15) is 5.26 Å². The molecule has 2 heteroatoms. The third-order valence-electron chi connectivity index (χ3n) is 1.76. The number of benzene rings is 1. The Hall–Kier alpha value is -1.62. The number of hydrogen-bond donors (Lipinski definition) is 0. The normalized spacial score (nSPS) is 11.0. The predicted molar refractivity (Wildman–Crippen MR) is 54.2 cm³/mol. The Kier molecular flexibility index (Phi) is 3.22. The first-order valence-corrected chi connectivity index (χ1v) is 4.21. The van der Waals surface area contributed by atoms with E-state index in [9.17, 15) is 0 Å². The molecule has 13 heavy (non-hydrogen) atoms. The number of aliphatic imine (C=N–C) groups is 1. The first kappa shape index (κ1) is 9.47. The third-order valence-corrected chi connectivity index (χ3v) is 1.76. The van der Waals surface area contributed by atoms with Gasteiger partial charge < -0.3 is 0 Å². The van der Waals surface area contributed by atoms with Crippen molar-refractivity contribution in [3.8, 4) is 6.07 Å². The van der Waals surface area contributed by atoms with Gasteiger partial charge in [0.15, 0.2) is 0 Å². The molecule has 0 radical (unpaired) electrons. The molecule has 1 rings (SSSR count). The van der Waals surface area contributed by atoms with Crippen molar-refractivity contribution in [1.29, 1.82) is 5.26 Å². The first-order chi connectivity index (χ1) is 6.24. The predicted octanol–water partition coefficient (Wildman–Crippen LogP) is 3.00. The lowest BCUT2D eigenvalue weighted by Gasteiger charge is -1.99. The molecule has 0 saturated carbocycles. The largest absolute Gasteiger partial charge is 0.257 e. The van der Waals surface area contributed by atoms with Crippen LogP contribution < -0.4 is 0 Å². The van der Waals surface area contributed by atoms with Crippen LogP contribution in [0.5, 0.6) is 0 Å².